The summed E-state index contributed by atoms with van der Waals surface area (Å²) in [7, 11) is 0. The van der Waals surface area contributed by atoms with E-state index in [0.717, 1.165) is 16.9 Å². The molecule has 138 valence electrons. The number of carbonyl (C=O) groups is 1. The molecule has 3 N–H and O–H groups in total. The van der Waals surface area contributed by atoms with Crippen molar-refractivity contribution in [3.05, 3.63) is 90.0 Å². The fraction of sp³-hybridized carbons (Fsp3) is 0.174. The molecule has 0 fully saturated rings. The van der Waals surface area contributed by atoms with Gasteiger partial charge in [0.2, 0.25) is 5.91 Å². The van der Waals surface area contributed by atoms with Crippen molar-refractivity contribution in [1.82, 2.24) is 0 Å². The number of hydrogen-bond donors (Lipinski definition) is 3. The van der Waals surface area contributed by atoms with E-state index in [1.807, 2.05) is 54.6 Å². The van der Waals surface area contributed by atoms with Crippen LogP contribution in [0.4, 0.5) is 11.4 Å². The quantitative estimate of drug-likeness (QED) is 0.547. The Balaban J connectivity index is 1.51. The molecule has 0 saturated heterocycles. The molecule has 1 unspecified atom stereocenters. The highest BCUT2D eigenvalue weighted by Gasteiger charge is 2.07. The van der Waals surface area contributed by atoms with E-state index < -0.39 is 0 Å². The molecule has 0 aromatic heterocycles. The van der Waals surface area contributed by atoms with Crippen molar-refractivity contribution in [2.24, 2.45) is 0 Å². The predicted octanol–water partition coefficient (Wildman–Crippen LogP) is 5.14. The highest BCUT2D eigenvalue weighted by molar-refractivity contribution is 5.91. The second kappa shape index (κ2) is 8.90. The Hall–Kier alpha value is -3.27. The first-order chi connectivity index (χ1) is 13.1. The SMILES string of the molecule is CC(Nc1ccc(NC(=O)CCc2ccccc2O)cc1)c1ccccc1. The van der Waals surface area contributed by atoms with Crippen LogP contribution in [0.15, 0.2) is 78.9 Å². The average molecular weight is 360 g/mol. The fourth-order valence-electron chi connectivity index (χ4n) is 2.92. The lowest BCUT2D eigenvalue weighted by Gasteiger charge is -2.16. The van der Waals surface area contributed by atoms with Gasteiger partial charge in [-0.2, -0.15) is 0 Å². The number of para-hydroxylation sites is 1. The zero-order valence-corrected chi connectivity index (χ0v) is 15.4. The van der Waals surface area contributed by atoms with Crippen LogP contribution in [-0.2, 0) is 11.2 Å². The molecule has 3 aromatic carbocycles. The second-order valence-electron chi connectivity index (χ2n) is 6.53. The van der Waals surface area contributed by atoms with Crippen molar-refractivity contribution in [3.8, 4) is 5.75 Å². The average Bonchev–Trinajstić information content (AvgIpc) is 2.69. The summed E-state index contributed by atoms with van der Waals surface area (Å²) < 4.78 is 0. The largest absolute Gasteiger partial charge is 0.508 e. The Morgan fingerprint density at radius 1 is 0.889 bits per heavy atom. The lowest BCUT2D eigenvalue weighted by Crippen LogP contribution is -2.12. The molecule has 0 radical (unpaired) electrons. The van der Waals surface area contributed by atoms with E-state index >= 15 is 0 Å². The second-order valence-corrected chi connectivity index (χ2v) is 6.53. The molecule has 0 aliphatic heterocycles. The molecule has 3 rings (SSSR count). The lowest BCUT2D eigenvalue weighted by atomic mass is 10.1. The molecular formula is C23H24N2O2. The van der Waals surface area contributed by atoms with Gasteiger partial charge >= 0.3 is 0 Å². The number of rotatable bonds is 7. The molecule has 27 heavy (non-hydrogen) atoms. The number of amides is 1. The number of nitrogens with one attached hydrogen (secondary N) is 2. The van der Waals surface area contributed by atoms with Gasteiger partial charge in [0.1, 0.15) is 5.75 Å². The first kappa shape index (κ1) is 18.5. The maximum Gasteiger partial charge on any atom is 0.224 e. The predicted molar refractivity (Wildman–Crippen MR) is 110 cm³/mol. The summed E-state index contributed by atoms with van der Waals surface area (Å²) in [4.78, 5) is 12.1. The molecule has 0 aliphatic rings. The normalized spacial score (nSPS) is 11.6. The Morgan fingerprint density at radius 2 is 1.52 bits per heavy atom. The molecule has 0 saturated carbocycles. The molecule has 4 heteroatoms. The van der Waals surface area contributed by atoms with Gasteiger partial charge in [0, 0.05) is 23.8 Å². The van der Waals surface area contributed by atoms with Crippen molar-refractivity contribution < 1.29 is 9.90 Å². The van der Waals surface area contributed by atoms with Crippen LogP contribution in [0.1, 0.15) is 30.5 Å². The van der Waals surface area contributed by atoms with Crippen molar-refractivity contribution >= 4 is 17.3 Å². The van der Waals surface area contributed by atoms with Crippen LogP contribution in [0.5, 0.6) is 5.75 Å². The van der Waals surface area contributed by atoms with E-state index in [0.29, 0.717) is 12.8 Å². The van der Waals surface area contributed by atoms with Gasteiger partial charge in [-0.1, -0.05) is 48.5 Å². The minimum atomic E-state index is -0.0726. The van der Waals surface area contributed by atoms with Crippen LogP contribution in [0.25, 0.3) is 0 Å². The molecule has 0 bridgehead atoms. The maximum absolute atomic E-state index is 12.1. The van der Waals surface area contributed by atoms with E-state index in [-0.39, 0.29) is 17.7 Å². The molecule has 0 spiro atoms. The Morgan fingerprint density at radius 3 is 2.22 bits per heavy atom. The smallest absolute Gasteiger partial charge is 0.224 e. The fourth-order valence-corrected chi connectivity index (χ4v) is 2.92. The van der Waals surface area contributed by atoms with Gasteiger partial charge < -0.3 is 15.7 Å². The third kappa shape index (κ3) is 5.35. The van der Waals surface area contributed by atoms with Gasteiger partial charge in [0.25, 0.3) is 0 Å². The van der Waals surface area contributed by atoms with Crippen molar-refractivity contribution in [2.75, 3.05) is 10.6 Å². The van der Waals surface area contributed by atoms with Gasteiger partial charge in [0.15, 0.2) is 0 Å². The number of anilines is 2. The summed E-state index contributed by atoms with van der Waals surface area (Å²) in [5.41, 5.74) is 3.76. The van der Waals surface area contributed by atoms with Gasteiger partial charge in [-0.05, 0) is 54.8 Å². The summed E-state index contributed by atoms with van der Waals surface area (Å²) in [6.45, 7) is 2.12. The highest BCUT2D eigenvalue weighted by atomic mass is 16.3. The summed E-state index contributed by atoms with van der Waals surface area (Å²) in [6.07, 6.45) is 0.829. The minimum absolute atomic E-state index is 0.0726. The summed E-state index contributed by atoms with van der Waals surface area (Å²) >= 11 is 0. The molecule has 0 aliphatic carbocycles. The Kier molecular flexibility index (Phi) is 6.10. The number of phenolic OH excluding ortho intramolecular Hbond substituents is 1. The number of aromatic hydroxyl groups is 1. The van der Waals surface area contributed by atoms with Gasteiger partial charge in [-0.15, -0.1) is 0 Å². The summed E-state index contributed by atoms with van der Waals surface area (Å²) in [5, 5.41) is 16.1. The lowest BCUT2D eigenvalue weighted by molar-refractivity contribution is -0.116. The van der Waals surface area contributed by atoms with Crippen LogP contribution in [-0.4, -0.2) is 11.0 Å². The van der Waals surface area contributed by atoms with Crippen LogP contribution in [0, 0.1) is 0 Å². The number of aryl methyl sites for hydroxylation is 1. The number of hydrogen-bond acceptors (Lipinski definition) is 3. The number of benzene rings is 3. The van der Waals surface area contributed by atoms with E-state index in [2.05, 4.69) is 29.7 Å². The van der Waals surface area contributed by atoms with E-state index in [1.165, 1.54) is 5.56 Å². The van der Waals surface area contributed by atoms with Gasteiger partial charge in [0.05, 0.1) is 0 Å². The van der Waals surface area contributed by atoms with Crippen LogP contribution in [0.3, 0.4) is 0 Å². The molecule has 1 amide bonds. The number of phenols is 1. The van der Waals surface area contributed by atoms with E-state index in [4.69, 9.17) is 0 Å². The van der Waals surface area contributed by atoms with Gasteiger partial charge in [-0.25, -0.2) is 0 Å². The first-order valence-electron chi connectivity index (χ1n) is 9.10. The zero-order chi connectivity index (χ0) is 19.1. The van der Waals surface area contributed by atoms with Crippen molar-refractivity contribution in [3.63, 3.8) is 0 Å². The summed E-state index contributed by atoms with van der Waals surface area (Å²) in [6, 6.07) is 25.2. The monoisotopic (exact) mass is 360 g/mol. The van der Waals surface area contributed by atoms with Gasteiger partial charge in [-0.3, -0.25) is 4.79 Å². The minimum Gasteiger partial charge on any atom is -0.508 e. The Bertz CT molecular complexity index is 876. The molecule has 4 nitrogen and oxygen atoms in total. The zero-order valence-electron chi connectivity index (χ0n) is 15.4. The van der Waals surface area contributed by atoms with Crippen molar-refractivity contribution in [2.45, 2.75) is 25.8 Å². The molecular weight excluding hydrogens is 336 g/mol. The van der Waals surface area contributed by atoms with E-state index in [9.17, 15) is 9.90 Å². The maximum atomic E-state index is 12.1. The third-order valence-corrected chi connectivity index (χ3v) is 4.46. The third-order valence-electron chi connectivity index (χ3n) is 4.46. The standard InChI is InChI=1S/C23H24N2O2/c1-17(18-7-3-2-4-8-18)24-20-12-14-21(15-13-20)25-23(27)16-11-19-9-5-6-10-22(19)26/h2-10,12-15,17,24,26H,11,16H2,1H3,(H,25,27). The van der Waals surface area contributed by atoms with Crippen LogP contribution < -0.4 is 10.6 Å². The first-order valence-corrected chi connectivity index (χ1v) is 9.10. The molecule has 1 atom stereocenters. The van der Waals surface area contributed by atoms with Crippen LogP contribution in [0.2, 0.25) is 0 Å². The Labute approximate surface area is 159 Å². The summed E-state index contributed by atoms with van der Waals surface area (Å²) in [5.74, 6) is 0.157. The molecule has 3 aromatic rings. The van der Waals surface area contributed by atoms with Crippen LogP contribution >= 0.6 is 0 Å². The molecule has 0 heterocycles. The van der Waals surface area contributed by atoms with E-state index in [1.54, 1.807) is 12.1 Å². The topological polar surface area (TPSA) is 61.4 Å². The highest BCUT2D eigenvalue weighted by Crippen LogP contribution is 2.21. The number of carbonyl (C=O) groups excluding carboxylic acids is 1. The van der Waals surface area contributed by atoms with Crippen molar-refractivity contribution in [1.29, 1.82) is 0 Å².